The van der Waals surface area contributed by atoms with Gasteiger partial charge in [0.05, 0.1) is 0 Å². The molecule has 0 bridgehead atoms. The molecule has 0 rings (SSSR count). The first kappa shape index (κ1) is 16.9. The molecule has 0 aliphatic carbocycles. The van der Waals surface area contributed by atoms with Crippen LogP contribution in [0.3, 0.4) is 0 Å². The average Bonchev–Trinajstić information content (AvgIpc) is 2.26. The lowest BCUT2D eigenvalue weighted by Crippen LogP contribution is -2.05. The minimum absolute atomic E-state index is 0.0138. The highest BCUT2D eigenvalue weighted by atomic mass is 14.4. The van der Waals surface area contributed by atoms with E-state index in [2.05, 4.69) is 46.4 Å². The summed E-state index contributed by atoms with van der Waals surface area (Å²) in [7, 11) is 0. The van der Waals surface area contributed by atoms with Crippen LogP contribution in [0.25, 0.3) is 0 Å². The Morgan fingerprint density at radius 2 is 1.83 bits per heavy atom. The van der Waals surface area contributed by atoms with Crippen LogP contribution in [0.15, 0.2) is 36.0 Å². The fraction of sp³-hybridized carbons (Fsp3) is 0.588. The van der Waals surface area contributed by atoms with Crippen molar-refractivity contribution in [1.82, 2.24) is 0 Å². The number of hydrogen-bond acceptors (Lipinski definition) is 1. The highest BCUT2D eigenvalue weighted by Gasteiger charge is 2.10. The molecule has 1 nitrogen and oxygen atoms in total. The van der Waals surface area contributed by atoms with Crippen LogP contribution >= 0.6 is 0 Å². The van der Waals surface area contributed by atoms with Crippen LogP contribution in [0.4, 0.5) is 0 Å². The van der Waals surface area contributed by atoms with Gasteiger partial charge in [-0.2, -0.15) is 0 Å². The van der Waals surface area contributed by atoms with Crippen LogP contribution in [0, 0.1) is 10.8 Å². The lowest BCUT2D eigenvalue weighted by atomic mass is 9.88. The van der Waals surface area contributed by atoms with E-state index in [0.29, 0.717) is 0 Å². The standard InChI is InChI=1S/C17H29N/c1-7-8-9-10-16(18)11-12-17(5,6)13-15(4)14(2)3/h11-13,18H,2,7-10H2,1,3-6H3/b12-11-,15-13+,18-16?. The van der Waals surface area contributed by atoms with Gasteiger partial charge in [0.1, 0.15) is 0 Å². The Balaban J connectivity index is 4.43. The van der Waals surface area contributed by atoms with E-state index in [1.165, 1.54) is 18.4 Å². The van der Waals surface area contributed by atoms with Gasteiger partial charge in [-0.05, 0) is 32.8 Å². The lowest BCUT2D eigenvalue weighted by molar-refractivity contribution is 0.621. The van der Waals surface area contributed by atoms with Crippen molar-refractivity contribution in [2.45, 2.75) is 60.3 Å². The van der Waals surface area contributed by atoms with Crippen LogP contribution < -0.4 is 0 Å². The van der Waals surface area contributed by atoms with Crippen LogP contribution in [0.1, 0.15) is 60.3 Å². The first-order valence-corrected chi connectivity index (χ1v) is 6.90. The van der Waals surface area contributed by atoms with E-state index in [-0.39, 0.29) is 5.41 Å². The van der Waals surface area contributed by atoms with Gasteiger partial charge in [0.15, 0.2) is 0 Å². The highest BCUT2D eigenvalue weighted by molar-refractivity contribution is 5.92. The third kappa shape index (κ3) is 8.05. The third-order valence-corrected chi connectivity index (χ3v) is 3.03. The first-order valence-electron chi connectivity index (χ1n) is 6.90. The van der Waals surface area contributed by atoms with Gasteiger partial charge < -0.3 is 5.41 Å². The molecule has 0 radical (unpaired) electrons. The number of hydrogen-bond donors (Lipinski definition) is 1. The minimum atomic E-state index is -0.0138. The molecule has 0 fully saturated rings. The topological polar surface area (TPSA) is 23.9 Å². The van der Waals surface area contributed by atoms with Gasteiger partial charge in [0, 0.05) is 11.1 Å². The van der Waals surface area contributed by atoms with Gasteiger partial charge in [-0.15, -0.1) is 0 Å². The van der Waals surface area contributed by atoms with E-state index in [9.17, 15) is 0 Å². The summed E-state index contributed by atoms with van der Waals surface area (Å²) in [4.78, 5) is 0. The summed E-state index contributed by atoms with van der Waals surface area (Å²) in [5.41, 5.74) is 3.05. The largest absolute Gasteiger partial charge is 0.305 e. The zero-order valence-corrected chi connectivity index (χ0v) is 12.8. The lowest BCUT2D eigenvalue weighted by Gasteiger charge is -2.17. The van der Waals surface area contributed by atoms with Crippen LogP contribution in [-0.2, 0) is 0 Å². The van der Waals surface area contributed by atoms with Gasteiger partial charge >= 0.3 is 0 Å². The summed E-state index contributed by atoms with van der Waals surface area (Å²) in [6, 6.07) is 0. The molecule has 0 heterocycles. The second-order valence-electron chi connectivity index (χ2n) is 5.74. The molecule has 0 saturated carbocycles. The Hall–Kier alpha value is -1.11. The highest BCUT2D eigenvalue weighted by Crippen LogP contribution is 2.23. The molecule has 102 valence electrons. The Morgan fingerprint density at radius 1 is 1.22 bits per heavy atom. The zero-order valence-electron chi connectivity index (χ0n) is 12.8. The Morgan fingerprint density at radius 3 is 2.33 bits per heavy atom. The van der Waals surface area contributed by atoms with Crippen molar-refractivity contribution >= 4 is 5.71 Å². The van der Waals surface area contributed by atoms with Crippen molar-refractivity contribution in [3.63, 3.8) is 0 Å². The minimum Gasteiger partial charge on any atom is -0.305 e. The maximum atomic E-state index is 7.89. The number of allylic oxidation sites excluding steroid dienone is 5. The predicted molar refractivity (Wildman–Crippen MR) is 83.4 cm³/mol. The Labute approximate surface area is 113 Å². The van der Waals surface area contributed by atoms with E-state index in [1.54, 1.807) is 0 Å². The van der Waals surface area contributed by atoms with Gasteiger partial charge in [-0.25, -0.2) is 0 Å². The molecule has 1 N–H and O–H groups in total. The summed E-state index contributed by atoms with van der Waals surface area (Å²) in [6.45, 7) is 14.6. The van der Waals surface area contributed by atoms with E-state index < -0.39 is 0 Å². The molecule has 0 saturated heterocycles. The molecule has 0 aromatic heterocycles. The smallest absolute Gasteiger partial charge is 0.0311 e. The summed E-state index contributed by atoms with van der Waals surface area (Å²) >= 11 is 0. The van der Waals surface area contributed by atoms with E-state index in [0.717, 1.165) is 24.1 Å². The second kappa shape index (κ2) is 8.07. The maximum Gasteiger partial charge on any atom is 0.0311 e. The van der Waals surface area contributed by atoms with Crippen molar-refractivity contribution in [2.75, 3.05) is 0 Å². The Kier molecular flexibility index (Phi) is 7.58. The predicted octanol–water partition coefficient (Wildman–Crippen LogP) is 5.69. The Bertz CT molecular complexity index is 343. The third-order valence-electron chi connectivity index (χ3n) is 3.03. The van der Waals surface area contributed by atoms with Crippen molar-refractivity contribution < 1.29 is 0 Å². The molecule has 1 heteroatoms. The zero-order chi connectivity index (χ0) is 14.2. The van der Waals surface area contributed by atoms with Crippen LogP contribution in [-0.4, -0.2) is 5.71 Å². The van der Waals surface area contributed by atoms with Gasteiger partial charge in [0.2, 0.25) is 0 Å². The second-order valence-corrected chi connectivity index (χ2v) is 5.74. The van der Waals surface area contributed by atoms with E-state index >= 15 is 0 Å². The van der Waals surface area contributed by atoms with Gasteiger partial charge in [0.25, 0.3) is 0 Å². The fourth-order valence-electron chi connectivity index (χ4n) is 1.69. The van der Waals surface area contributed by atoms with Gasteiger partial charge in [-0.1, -0.05) is 63.5 Å². The molecule has 0 unspecified atom stereocenters. The van der Waals surface area contributed by atoms with Crippen molar-refractivity contribution in [2.24, 2.45) is 5.41 Å². The maximum absolute atomic E-state index is 7.89. The fourth-order valence-corrected chi connectivity index (χ4v) is 1.69. The molecule has 0 aromatic carbocycles. The normalized spacial score (nSPS) is 13.1. The molecule has 0 amide bonds. The first-order chi connectivity index (χ1) is 8.28. The van der Waals surface area contributed by atoms with E-state index in [1.807, 2.05) is 13.0 Å². The molecular weight excluding hydrogens is 218 g/mol. The summed E-state index contributed by atoms with van der Waals surface area (Å²) in [5, 5.41) is 7.89. The van der Waals surface area contributed by atoms with Gasteiger partial charge in [-0.3, -0.25) is 0 Å². The van der Waals surface area contributed by atoms with Crippen molar-refractivity contribution in [3.05, 3.63) is 36.0 Å². The quantitative estimate of drug-likeness (QED) is 0.323. The van der Waals surface area contributed by atoms with Crippen molar-refractivity contribution in [1.29, 1.82) is 5.41 Å². The van der Waals surface area contributed by atoms with Crippen LogP contribution in [0.5, 0.6) is 0 Å². The summed E-state index contributed by atoms with van der Waals surface area (Å²) in [5.74, 6) is 0. The van der Waals surface area contributed by atoms with Crippen molar-refractivity contribution in [3.8, 4) is 0 Å². The number of unbranched alkanes of at least 4 members (excludes halogenated alkanes) is 2. The molecular formula is C17H29N. The monoisotopic (exact) mass is 247 g/mol. The average molecular weight is 247 g/mol. The summed E-state index contributed by atoms with van der Waals surface area (Å²) in [6.07, 6.45) is 10.7. The molecule has 0 atom stereocenters. The molecule has 18 heavy (non-hydrogen) atoms. The van der Waals surface area contributed by atoms with Crippen LogP contribution in [0.2, 0.25) is 0 Å². The SMILES string of the molecule is C=C(C)/C(C)=C/C(C)(C)/C=C\C(=N)CCCCC. The molecule has 0 aliphatic rings. The molecule has 0 aromatic rings. The molecule has 0 spiro atoms. The number of nitrogens with one attached hydrogen (secondary N) is 1. The summed E-state index contributed by atoms with van der Waals surface area (Å²) < 4.78 is 0. The van der Waals surface area contributed by atoms with E-state index in [4.69, 9.17) is 5.41 Å². The number of rotatable bonds is 8. The molecule has 0 aliphatic heterocycles.